The van der Waals surface area contributed by atoms with Crippen molar-refractivity contribution < 1.29 is 14.3 Å². The summed E-state index contributed by atoms with van der Waals surface area (Å²) >= 11 is 0. The van der Waals surface area contributed by atoms with Gasteiger partial charge in [0.1, 0.15) is 5.75 Å². The van der Waals surface area contributed by atoms with Gasteiger partial charge in [0, 0.05) is 30.7 Å². The van der Waals surface area contributed by atoms with Crippen LogP contribution in [0.3, 0.4) is 0 Å². The van der Waals surface area contributed by atoms with Crippen LogP contribution in [0.15, 0.2) is 48.5 Å². The first-order valence-electron chi connectivity index (χ1n) is 11.6. The van der Waals surface area contributed by atoms with E-state index in [-0.39, 0.29) is 11.9 Å². The van der Waals surface area contributed by atoms with Crippen LogP contribution >= 0.6 is 0 Å². The number of carbonyl (C=O) groups excluding carboxylic acids is 1. The predicted molar refractivity (Wildman–Crippen MR) is 123 cm³/mol. The van der Waals surface area contributed by atoms with E-state index in [1.807, 2.05) is 30.0 Å². The number of nitrogens with one attached hydrogen (secondary N) is 1. The second kappa shape index (κ2) is 10.3. The molecule has 0 spiro atoms. The van der Waals surface area contributed by atoms with Crippen LogP contribution in [0.2, 0.25) is 0 Å². The van der Waals surface area contributed by atoms with E-state index in [1.165, 1.54) is 24.0 Å². The number of carbonyl (C=O) groups is 1. The zero-order chi connectivity index (χ0) is 21.6. The molecule has 5 heteroatoms. The molecule has 1 saturated heterocycles. The van der Waals surface area contributed by atoms with Crippen LogP contribution < -0.4 is 10.1 Å². The molecule has 5 nitrogen and oxygen atoms in total. The summed E-state index contributed by atoms with van der Waals surface area (Å²) in [4.78, 5) is 14.5. The number of hydrogen-bond donors (Lipinski definition) is 1. The Morgan fingerprint density at radius 1 is 1.16 bits per heavy atom. The summed E-state index contributed by atoms with van der Waals surface area (Å²) < 4.78 is 11.0. The molecule has 31 heavy (non-hydrogen) atoms. The SMILES string of the molecule is CCOc1cccc([C@@H](C)NC2CC[C@H](c3ccc(C(=O)N4CCOCC4)cc3)C2)c1. The Hall–Kier alpha value is -2.37. The third-order valence-corrected chi connectivity index (χ3v) is 6.51. The number of benzene rings is 2. The zero-order valence-electron chi connectivity index (χ0n) is 18.7. The molecule has 1 unspecified atom stereocenters. The molecule has 1 aliphatic carbocycles. The molecule has 0 radical (unpaired) electrons. The lowest BCUT2D eigenvalue weighted by atomic mass is 9.96. The average molecular weight is 423 g/mol. The lowest BCUT2D eigenvalue weighted by molar-refractivity contribution is 0.0303. The number of rotatable bonds is 7. The van der Waals surface area contributed by atoms with Crippen LogP contribution in [-0.2, 0) is 4.74 Å². The summed E-state index contributed by atoms with van der Waals surface area (Å²) in [5.41, 5.74) is 3.38. The molecule has 2 aromatic carbocycles. The van der Waals surface area contributed by atoms with E-state index >= 15 is 0 Å². The van der Waals surface area contributed by atoms with Gasteiger partial charge in [-0.1, -0.05) is 24.3 Å². The van der Waals surface area contributed by atoms with Crippen molar-refractivity contribution in [1.29, 1.82) is 0 Å². The van der Waals surface area contributed by atoms with Gasteiger partial charge in [0.25, 0.3) is 5.91 Å². The van der Waals surface area contributed by atoms with Crippen molar-refractivity contribution in [3.8, 4) is 5.75 Å². The molecule has 3 atom stereocenters. The predicted octanol–water partition coefficient (Wildman–Crippen LogP) is 4.54. The van der Waals surface area contributed by atoms with Crippen molar-refractivity contribution in [3.05, 3.63) is 65.2 Å². The van der Waals surface area contributed by atoms with E-state index in [4.69, 9.17) is 9.47 Å². The van der Waals surface area contributed by atoms with Crippen LogP contribution in [0.25, 0.3) is 0 Å². The van der Waals surface area contributed by atoms with Gasteiger partial charge in [-0.15, -0.1) is 0 Å². The van der Waals surface area contributed by atoms with E-state index < -0.39 is 0 Å². The van der Waals surface area contributed by atoms with Crippen molar-refractivity contribution in [2.24, 2.45) is 0 Å². The first kappa shape index (κ1) is 21.8. The zero-order valence-corrected chi connectivity index (χ0v) is 18.7. The number of ether oxygens (including phenoxy) is 2. The standard InChI is InChI=1S/C26H34N2O3/c1-3-31-25-6-4-5-22(18-25)19(2)27-24-12-11-23(17-24)20-7-9-21(10-8-20)26(29)28-13-15-30-16-14-28/h4-10,18-19,23-24,27H,3,11-17H2,1-2H3/t19-,23+,24?/m1/s1. The molecule has 166 valence electrons. The Labute approximate surface area is 185 Å². The fourth-order valence-electron chi connectivity index (χ4n) is 4.77. The molecule has 1 amide bonds. The van der Waals surface area contributed by atoms with Gasteiger partial charge in [-0.3, -0.25) is 4.79 Å². The van der Waals surface area contributed by atoms with E-state index in [2.05, 4.69) is 42.6 Å². The molecule has 4 rings (SSSR count). The third-order valence-electron chi connectivity index (χ3n) is 6.51. The monoisotopic (exact) mass is 422 g/mol. The minimum absolute atomic E-state index is 0.115. The molecule has 1 aliphatic heterocycles. The van der Waals surface area contributed by atoms with Gasteiger partial charge in [0.05, 0.1) is 19.8 Å². The maximum absolute atomic E-state index is 12.7. The largest absolute Gasteiger partial charge is 0.494 e. The quantitative estimate of drug-likeness (QED) is 0.712. The lowest BCUT2D eigenvalue weighted by Crippen LogP contribution is -2.40. The van der Waals surface area contributed by atoms with Crippen molar-refractivity contribution >= 4 is 5.91 Å². The fraction of sp³-hybridized carbons (Fsp3) is 0.500. The molecule has 2 fully saturated rings. The van der Waals surface area contributed by atoms with Crippen LogP contribution in [0.5, 0.6) is 5.75 Å². The molecule has 1 heterocycles. The third kappa shape index (κ3) is 5.46. The Bertz CT molecular complexity index is 861. The highest BCUT2D eigenvalue weighted by molar-refractivity contribution is 5.94. The van der Waals surface area contributed by atoms with E-state index in [0.717, 1.165) is 17.7 Å². The summed E-state index contributed by atoms with van der Waals surface area (Å²) in [5.74, 6) is 1.60. The highest BCUT2D eigenvalue weighted by Crippen LogP contribution is 2.35. The molecule has 0 bridgehead atoms. The maximum Gasteiger partial charge on any atom is 0.254 e. The maximum atomic E-state index is 12.7. The minimum atomic E-state index is 0.115. The normalized spacial score (nSPS) is 22.3. The number of morpholine rings is 1. The molecule has 2 aromatic rings. The lowest BCUT2D eigenvalue weighted by Gasteiger charge is -2.27. The van der Waals surface area contributed by atoms with Gasteiger partial charge >= 0.3 is 0 Å². The molecule has 0 aromatic heterocycles. The first-order valence-corrected chi connectivity index (χ1v) is 11.6. The molecule has 1 saturated carbocycles. The number of amides is 1. The van der Waals surface area contributed by atoms with Crippen molar-refractivity contribution in [3.63, 3.8) is 0 Å². The molecule has 2 aliphatic rings. The molecular formula is C26H34N2O3. The van der Waals surface area contributed by atoms with Crippen molar-refractivity contribution in [1.82, 2.24) is 10.2 Å². The van der Waals surface area contributed by atoms with Crippen molar-refractivity contribution in [2.45, 2.75) is 51.1 Å². The smallest absolute Gasteiger partial charge is 0.254 e. The molecular weight excluding hydrogens is 388 g/mol. The number of hydrogen-bond acceptors (Lipinski definition) is 4. The van der Waals surface area contributed by atoms with Crippen molar-refractivity contribution in [2.75, 3.05) is 32.9 Å². The van der Waals surface area contributed by atoms with Crippen LogP contribution in [0, 0.1) is 0 Å². The van der Waals surface area contributed by atoms with Crippen LogP contribution in [0.1, 0.15) is 66.6 Å². The highest BCUT2D eigenvalue weighted by atomic mass is 16.5. The van der Waals surface area contributed by atoms with Crippen LogP contribution in [-0.4, -0.2) is 49.8 Å². The van der Waals surface area contributed by atoms with E-state index in [9.17, 15) is 4.79 Å². The number of nitrogens with zero attached hydrogens (tertiary/aromatic N) is 1. The van der Waals surface area contributed by atoms with Gasteiger partial charge in [-0.2, -0.15) is 0 Å². The Balaban J connectivity index is 1.32. The van der Waals surface area contributed by atoms with Gasteiger partial charge in [-0.25, -0.2) is 0 Å². The van der Waals surface area contributed by atoms with Gasteiger partial charge < -0.3 is 19.7 Å². The van der Waals surface area contributed by atoms with Gasteiger partial charge in [0.15, 0.2) is 0 Å². The first-order chi connectivity index (χ1) is 15.1. The van der Waals surface area contributed by atoms with E-state index in [0.29, 0.717) is 44.9 Å². The second-order valence-electron chi connectivity index (χ2n) is 8.63. The average Bonchev–Trinajstić information content (AvgIpc) is 3.28. The summed E-state index contributed by atoms with van der Waals surface area (Å²) in [6.07, 6.45) is 3.49. The summed E-state index contributed by atoms with van der Waals surface area (Å²) in [6, 6.07) is 17.5. The van der Waals surface area contributed by atoms with Crippen LogP contribution in [0.4, 0.5) is 0 Å². The summed E-state index contributed by atoms with van der Waals surface area (Å²) in [7, 11) is 0. The summed E-state index contributed by atoms with van der Waals surface area (Å²) in [6.45, 7) is 7.56. The van der Waals surface area contributed by atoms with E-state index in [1.54, 1.807) is 0 Å². The Morgan fingerprint density at radius 2 is 1.94 bits per heavy atom. The summed E-state index contributed by atoms with van der Waals surface area (Å²) in [5, 5.41) is 3.81. The minimum Gasteiger partial charge on any atom is -0.494 e. The van der Waals surface area contributed by atoms with Gasteiger partial charge in [-0.05, 0) is 74.4 Å². The second-order valence-corrected chi connectivity index (χ2v) is 8.63. The Kier molecular flexibility index (Phi) is 7.25. The fourth-order valence-corrected chi connectivity index (χ4v) is 4.77. The highest BCUT2D eigenvalue weighted by Gasteiger charge is 2.27. The van der Waals surface area contributed by atoms with Gasteiger partial charge in [0.2, 0.25) is 0 Å². The topological polar surface area (TPSA) is 50.8 Å². The Morgan fingerprint density at radius 3 is 2.68 bits per heavy atom. The molecule has 1 N–H and O–H groups in total.